The number of β-amino-alcohol motifs (C(OH)–C–C–N with tert-alkyl or cyclic N) is 1. The van der Waals surface area contributed by atoms with Crippen LogP contribution < -0.4 is 5.73 Å². The SMILES string of the molecule is CCC(C(=O)N1CCN(CCO)CC1)/C(N)=N/O. The summed E-state index contributed by atoms with van der Waals surface area (Å²) in [4.78, 5) is 16.0. The number of carbonyl (C=O) groups excluding carboxylic acids is 1. The summed E-state index contributed by atoms with van der Waals surface area (Å²) in [5.74, 6) is -0.656. The quantitative estimate of drug-likeness (QED) is 0.251. The van der Waals surface area contributed by atoms with Gasteiger partial charge in [-0.1, -0.05) is 12.1 Å². The van der Waals surface area contributed by atoms with Gasteiger partial charge in [0.2, 0.25) is 5.91 Å². The van der Waals surface area contributed by atoms with Gasteiger partial charge in [-0.15, -0.1) is 0 Å². The molecule has 1 atom stereocenters. The van der Waals surface area contributed by atoms with E-state index in [0.29, 0.717) is 26.1 Å². The highest BCUT2D eigenvalue weighted by Crippen LogP contribution is 2.11. The lowest BCUT2D eigenvalue weighted by Crippen LogP contribution is -2.52. The third kappa shape index (κ3) is 3.58. The summed E-state index contributed by atoms with van der Waals surface area (Å²) in [6, 6.07) is 0. The van der Waals surface area contributed by atoms with Gasteiger partial charge in [-0.2, -0.15) is 0 Å². The highest BCUT2D eigenvalue weighted by Gasteiger charge is 2.28. The molecule has 1 fully saturated rings. The molecule has 0 bridgehead atoms. The Morgan fingerprint density at radius 3 is 2.44 bits per heavy atom. The smallest absolute Gasteiger partial charge is 0.233 e. The summed E-state index contributed by atoms with van der Waals surface area (Å²) in [5.41, 5.74) is 5.52. The van der Waals surface area contributed by atoms with Gasteiger partial charge in [0.05, 0.1) is 12.5 Å². The molecule has 1 saturated heterocycles. The molecular formula is C11H22N4O3. The van der Waals surface area contributed by atoms with Crippen LogP contribution in [0.2, 0.25) is 0 Å². The van der Waals surface area contributed by atoms with E-state index in [1.165, 1.54) is 0 Å². The largest absolute Gasteiger partial charge is 0.409 e. The minimum atomic E-state index is -0.542. The Morgan fingerprint density at radius 2 is 2.00 bits per heavy atom. The minimum Gasteiger partial charge on any atom is -0.409 e. The molecule has 4 N–H and O–H groups in total. The Morgan fingerprint density at radius 1 is 1.39 bits per heavy atom. The number of aliphatic hydroxyl groups is 1. The molecule has 1 unspecified atom stereocenters. The number of hydrogen-bond acceptors (Lipinski definition) is 5. The molecule has 0 aliphatic carbocycles. The number of amidine groups is 1. The molecule has 1 amide bonds. The molecule has 18 heavy (non-hydrogen) atoms. The summed E-state index contributed by atoms with van der Waals surface area (Å²) >= 11 is 0. The molecule has 0 aromatic heterocycles. The zero-order chi connectivity index (χ0) is 13.5. The Kier molecular flexibility index (Phi) is 5.87. The fraction of sp³-hybridized carbons (Fsp3) is 0.818. The molecule has 0 spiro atoms. The van der Waals surface area contributed by atoms with E-state index < -0.39 is 5.92 Å². The fourth-order valence-corrected chi connectivity index (χ4v) is 2.13. The highest BCUT2D eigenvalue weighted by molar-refractivity contribution is 6.02. The zero-order valence-electron chi connectivity index (χ0n) is 10.7. The number of nitrogens with two attached hydrogens (primary N) is 1. The number of rotatable bonds is 5. The second-order valence-corrected chi connectivity index (χ2v) is 4.38. The van der Waals surface area contributed by atoms with Gasteiger partial charge >= 0.3 is 0 Å². The molecule has 7 nitrogen and oxygen atoms in total. The van der Waals surface area contributed by atoms with Crippen LogP contribution in [0.5, 0.6) is 0 Å². The van der Waals surface area contributed by atoms with Crippen molar-refractivity contribution < 1.29 is 15.1 Å². The lowest BCUT2D eigenvalue weighted by atomic mass is 10.0. The fourth-order valence-electron chi connectivity index (χ4n) is 2.13. The zero-order valence-corrected chi connectivity index (χ0v) is 10.7. The van der Waals surface area contributed by atoms with Gasteiger partial charge in [0.1, 0.15) is 0 Å². The van der Waals surface area contributed by atoms with Crippen LogP contribution in [0.15, 0.2) is 5.16 Å². The number of amides is 1. The Bertz CT molecular complexity index is 301. The first-order valence-corrected chi connectivity index (χ1v) is 6.23. The lowest BCUT2D eigenvalue weighted by Gasteiger charge is -2.35. The second kappa shape index (κ2) is 7.17. The summed E-state index contributed by atoms with van der Waals surface area (Å²) in [6.45, 7) is 5.34. The Balaban J connectivity index is 2.53. The summed E-state index contributed by atoms with van der Waals surface area (Å²) in [7, 11) is 0. The molecule has 0 saturated carbocycles. The molecule has 0 aromatic carbocycles. The summed E-state index contributed by atoms with van der Waals surface area (Å²) < 4.78 is 0. The highest BCUT2D eigenvalue weighted by atomic mass is 16.4. The first kappa shape index (κ1) is 14.7. The topological polar surface area (TPSA) is 102 Å². The lowest BCUT2D eigenvalue weighted by molar-refractivity contribution is -0.135. The number of nitrogens with zero attached hydrogens (tertiary/aromatic N) is 3. The Labute approximate surface area is 107 Å². The van der Waals surface area contributed by atoms with Gasteiger partial charge in [0.15, 0.2) is 5.84 Å². The molecule has 0 aromatic rings. The average molecular weight is 258 g/mol. The van der Waals surface area contributed by atoms with Gasteiger partial charge in [-0.05, 0) is 6.42 Å². The van der Waals surface area contributed by atoms with Gasteiger partial charge in [-0.25, -0.2) is 0 Å². The average Bonchev–Trinajstić information content (AvgIpc) is 2.40. The summed E-state index contributed by atoms with van der Waals surface area (Å²) in [6.07, 6.45) is 0.519. The number of aliphatic hydroxyl groups excluding tert-OH is 1. The predicted octanol–water partition coefficient (Wildman–Crippen LogP) is -1.10. The second-order valence-electron chi connectivity index (χ2n) is 4.38. The summed E-state index contributed by atoms with van der Waals surface area (Å²) in [5, 5.41) is 20.4. The monoisotopic (exact) mass is 258 g/mol. The van der Waals surface area contributed by atoms with Crippen molar-refractivity contribution in [3.8, 4) is 0 Å². The van der Waals surface area contributed by atoms with E-state index in [1.807, 2.05) is 6.92 Å². The maximum absolute atomic E-state index is 12.2. The normalized spacial score (nSPS) is 19.9. The van der Waals surface area contributed by atoms with Crippen molar-refractivity contribution >= 4 is 11.7 Å². The van der Waals surface area contributed by atoms with E-state index in [4.69, 9.17) is 16.0 Å². The Hall–Kier alpha value is -1.34. The van der Waals surface area contributed by atoms with Crippen LogP contribution in [0.3, 0.4) is 0 Å². The van der Waals surface area contributed by atoms with Crippen molar-refractivity contribution in [1.82, 2.24) is 9.80 Å². The number of carbonyl (C=O) groups is 1. The number of hydrogen-bond donors (Lipinski definition) is 3. The van der Waals surface area contributed by atoms with Crippen LogP contribution in [0.4, 0.5) is 0 Å². The first-order chi connectivity index (χ1) is 8.63. The van der Waals surface area contributed by atoms with E-state index in [0.717, 1.165) is 13.1 Å². The molecule has 104 valence electrons. The van der Waals surface area contributed by atoms with Crippen LogP contribution in [-0.4, -0.2) is 71.2 Å². The molecule has 1 heterocycles. The van der Waals surface area contributed by atoms with E-state index in [1.54, 1.807) is 4.90 Å². The third-order valence-electron chi connectivity index (χ3n) is 3.28. The number of oxime groups is 1. The predicted molar refractivity (Wildman–Crippen MR) is 67.3 cm³/mol. The van der Waals surface area contributed by atoms with Gasteiger partial charge in [-0.3, -0.25) is 9.69 Å². The van der Waals surface area contributed by atoms with Crippen molar-refractivity contribution in [3.63, 3.8) is 0 Å². The van der Waals surface area contributed by atoms with Gasteiger partial charge in [0.25, 0.3) is 0 Å². The molecular weight excluding hydrogens is 236 g/mol. The van der Waals surface area contributed by atoms with Crippen LogP contribution in [0.25, 0.3) is 0 Å². The van der Waals surface area contributed by atoms with Crippen LogP contribution in [-0.2, 0) is 4.79 Å². The maximum Gasteiger partial charge on any atom is 0.233 e. The molecule has 0 radical (unpaired) electrons. The van der Waals surface area contributed by atoms with Crippen LogP contribution in [0, 0.1) is 5.92 Å². The van der Waals surface area contributed by atoms with Crippen molar-refractivity contribution in [2.45, 2.75) is 13.3 Å². The van der Waals surface area contributed by atoms with Crippen molar-refractivity contribution in [1.29, 1.82) is 0 Å². The van der Waals surface area contributed by atoms with Gasteiger partial charge in [0, 0.05) is 32.7 Å². The molecule has 1 aliphatic rings. The van der Waals surface area contributed by atoms with E-state index in [2.05, 4.69) is 10.1 Å². The molecule has 1 aliphatic heterocycles. The molecule has 7 heteroatoms. The first-order valence-electron chi connectivity index (χ1n) is 6.23. The third-order valence-corrected chi connectivity index (χ3v) is 3.28. The minimum absolute atomic E-state index is 0.0275. The van der Waals surface area contributed by atoms with Crippen molar-refractivity contribution in [2.24, 2.45) is 16.8 Å². The van der Waals surface area contributed by atoms with Crippen LogP contribution in [0.1, 0.15) is 13.3 Å². The number of piperazine rings is 1. The van der Waals surface area contributed by atoms with E-state index in [9.17, 15) is 4.79 Å². The van der Waals surface area contributed by atoms with Crippen molar-refractivity contribution in [2.75, 3.05) is 39.3 Å². The maximum atomic E-state index is 12.2. The van der Waals surface area contributed by atoms with E-state index >= 15 is 0 Å². The van der Waals surface area contributed by atoms with Crippen LogP contribution >= 0.6 is 0 Å². The van der Waals surface area contributed by atoms with Crippen molar-refractivity contribution in [3.05, 3.63) is 0 Å². The van der Waals surface area contributed by atoms with Gasteiger partial charge < -0.3 is 20.9 Å². The molecule has 1 rings (SSSR count). The van der Waals surface area contributed by atoms with E-state index in [-0.39, 0.29) is 18.3 Å². The standard InChI is InChI=1S/C11H22N4O3/c1-2-9(10(12)13-18)11(17)15-5-3-14(4-6-15)7-8-16/h9,16,18H,2-8H2,1H3,(H2,12,13).